The van der Waals surface area contributed by atoms with Crippen LogP contribution in [0, 0.1) is 0 Å². The van der Waals surface area contributed by atoms with E-state index in [1.54, 1.807) is 25.3 Å². The van der Waals surface area contributed by atoms with Gasteiger partial charge in [-0.05, 0) is 48.1 Å². The number of benzene rings is 2. The van der Waals surface area contributed by atoms with Crippen LogP contribution in [0.3, 0.4) is 0 Å². The summed E-state index contributed by atoms with van der Waals surface area (Å²) in [5.74, 6) is 2.18. The summed E-state index contributed by atoms with van der Waals surface area (Å²) in [6, 6.07) is 13.3. The third-order valence-corrected chi connectivity index (χ3v) is 4.07. The van der Waals surface area contributed by atoms with Crippen molar-refractivity contribution in [2.45, 2.75) is 39.0 Å². The molecule has 0 N–H and O–H groups in total. The predicted octanol–water partition coefficient (Wildman–Crippen LogP) is 5.04. The van der Waals surface area contributed by atoms with Crippen LogP contribution in [0.5, 0.6) is 17.2 Å². The molecule has 0 saturated carbocycles. The van der Waals surface area contributed by atoms with Gasteiger partial charge in [0.2, 0.25) is 0 Å². The van der Waals surface area contributed by atoms with Gasteiger partial charge in [-0.2, -0.15) is 0 Å². The summed E-state index contributed by atoms with van der Waals surface area (Å²) in [4.78, 5) is 10.8. The average Bonchev–Trinajstić information content (AvgIpc) is 2.64. The Kier molecular flexibility index (Phi) is 7.07. The minimum Gasteiger partial charge on any atom is -0.493 e. The van der Waals surface area contributed by atoms with Crippen LogP contribution in [0.1, 0.15) is 49.5 Å². The zero-order valence-electron chi connectivity index (χ0n) is 16.1. The van der Waals surface area contributed by atoms with Crippen molar-refractivity contribution in [3.63, 3.8) is 0 Å². The molecule has 2 rings (SSSR count). The first-order chi connectivity index (χ1) is 12.5. The van der Waals surface area contributed by atoms with Gasteiger partial charge in [-0.3, -0.25) is 4.79 Å². The lowest BCUT2D eigenvalue weighted by atomic mass is 9.86. The minimum atomic E-state index is 0.0595. The van der Waals surface area contributed by atoms with Crippen molar-refractivity contribution in [2.24, 2.45) is 0 Å². The fourth-order valence-electron chi connectivity index (χ4n) is 2.66. The van der Waals surface area contributed by atoms with Crippen molar-refractivity contribution in [2.75, 3.05) is 20.3 Å². The molecular formula is C22H28O4. The molecule has 0 aliphatic carbocycles. The van der Waals surface area contributed by atoms with Crippen LogP contribution in [-0.2, 0) is 5.41 Å². The van der Waals surface area contributed by atoms with E-state index in [4.69, 9.17) is 14.2 Å². The Bertz CT molecular complexity index is 716. The molecule has 26 heavy (non-hydrogen) atoms. The predicted molar refractivity (Wildman–Crippen MR) is 104 cm³/mol. The zero-order chi connectivity index (χ0) is 19.0. The smallest absolute Gasteiger partial charge is 0.161 e. The summed E-state index contributed by atoms with van der Waals surface area (Å²) in [7, 11) is 1.57. The van der Waals surface area contributed by atoms with E-state index >= 15 is 0 Å². The first-order valence-electron chi connectivity index (χ1n) is 8.94. The minimum absolute atomic E-state index is 0.0595. The number of unbranched alkanes of at least 4 members (excludes halogenated alkanes) is 1. The van der Waals surface area contributed by atoms with E-state index in [1.807, 2.05) is 18.2 Å². The van der Waals surface area contributed by atoms with Gasteiger partial charge in [-0.25, -0.2) is 0 Å². The number of aldehydes is 1. The fourth-order valence-corrected chi connectivity index (χ4v) is 2.66. The molecule has 2 aromatic carbocycles. The Labute approximate surface area is 156 Å². The Morgan fingerprint density at radius 2 is 1.54 bits per heavy atom. The number of carbonyl (C=O) groups excluding carboxylic acids is 1. The monoisotopic (exact) mass is 356 g/mol. The number of hydrogen-bond donors (Lipinski definition) is 0. The van der Waals surface area contributed by atoms with Gasteiger partial charge in [-0.1, -0.05) is 39.0 Å². The summed E-state index contributed by atoms with van der Waals surface area (Å²) in [6.45, 7) is 7.78. The molecule has 0 unspecified atom stereocenters. The third-order valence-electron chi connectivity index (χ3n) is 4.07. The Balaban J connectivity index is 1.78. The van der Waals surface area contributed by atoms with E-state index in [1.165, 1.54) is 5.56 Å². The van der Waals surface area contributed by atoms with E-state index in [9.17, 15) is 4.79 Å². The molecule has 0 spiro atoms. The van der Waals surface area contributed by atoms with Gasteiger partial charge in [0.1, 0.15) is 12.0 Å². The molecule has 0 amide bonds. The quantitative estimate of drug-likeness (QED) is 0.466. The van der Waals surface area contributed by atoms with Gasteiger partial charge >= 0.3 is 0 Å². The topological polar surface area (TPSA) is 44.8 Å². The van der Waals surface area contributed by atoms with Crippen molar-refractivity contribution in [3.05, 3.63) is 53.6 Å². The largest absolute Gasteiger partial charge is 0.493 e. The summed E-state index contributed by atoms with van der Waals surface area (Å²) in [6.07, 6.45) is 2.56. The maximum atomic E-state index is 10.8. The molecule has 0 radical (unpaired) electrons. The number of carbonyl (C=O) groups is 1. The van der Waals surface area contributed by atoms with Crippen molar-refractivity contribution < 1.29 is 19.0 Å². The molecule has 0 atom stereocenters. The van der Waals surface area contributed by atoms with Crippen LogP contribution in [0.25, 0.3) is 0 Å². The molecule has 0 heterocycles. The van der Waals surface area contributed by atoms with Gasteiger partial charge in [0, 0.05) is 5.56 Å². The second-order valence-electron chi connectivity index (χ2n) is 7.18. The SMILES string of the molecule is COc1cc(C=O)ccc1OCCCCOc1ccccc1C(C)(C)C. The van der Waals surface area contributed by atoms with E-state index in [0.717, 1.165) is 24.9 Å². The van der Waals surface area contributed by atoms with Crippen LogP contribution in [0.4, 0.5) is 0 Å². The molecule has 0 saturated heterocycles. The lowest BCUT2D eigenvalue weighted by Crippen LogP contribution is -2.13. The molecule has 0 bridgehead atoms. The highest BCUT2D eigenvalue weighted by atomic mass is 16.5. The second kappa shape index (κ2) is 9.27. The van der Waals surface area contributed by atoms with Gasteiger partial charge in [-0.15, -0.1) is 0 Å². The van der Waals surface area contributed by atoms with E-state index in [-0.39, 0.29) is 5.41 Å². The van der Waals surface area contributed by atoms with Crippen LogP contribution in [0.2, 0.25) is 0 Å². The number of rotatable bonds is 9. The molecular weight excluding hydrogens is 328 g/mol. The number of methoxy groups -OCH3 is 1. The molecule has 0 fully saturated rings. The van der Waals surface area contributed by atoms with Gasteiger partial charge in [0.15, 0.2) is 11.5 Å². The maximum absolute atomic E-state index is 10.8. The molecule has 0 aromatic heterocycles. The van der Waals surface area contributed by atoms with E-state index in [2.05, 4.69) is 26.8 Å². The van der Waals surface area contributed by atoms with Gasteiger partial charge in [0.05, 0.1) is 20.3 Å². The fraction of sp³-hybridized carbons (Fsp3) is 0.409. The number of para-hydroxylation sites is 1. The highest BCUT2D eigenvalue weighted by Gasteiger charge is 2.18. The second-order valence-corrected chi connectivity index (χ2v) is 7.18. The van der Waals surface area contributed by atoms with Crippen LogP contribution in [-0.4, -0.2) is 26.6 Å². The van der Waals surface area contributed by atoms with E-state index in [0.29, 0.717) is 30.3 Å². The van der Waals surface area contributed by atoms with Gasteiger partial charge in [0.25, 0.3) is 0 Å². The molecule has 140 valence electrons. The highest BCUT2D eigenvalue weighted by Crippen LogP contribution is 2.31. The Morgan fingerprint density at radius 1 is 0.885 bits per heavy atom. The van der Waals surface area contributed by atoms with Crippen LogP contribution in [0.15, 0.2) is 42.5 Å². The molecule has 4 nitrogen and oxygen atoms in total. The summed E-state index contributed by atoms with van der Waals surface area (Å²) >= 11 is 0. The van der Waals surface area contributed by atoms with Crippen molar-refractivity contribution in [1.82, 2.24) is 0 Å². The normalized spacial score (nSPS) is 11.1. The number of hydrogen-bond acceptors (Lipinski definition) is 4. The Morgan fingerprint density at radius 3 is 2.15 bits per heavy atom. The number of ether oxygens (including phenoxy) is 3. The lowest BCUT2D eigenvalue weighted by Gasteiger charge is -2.22. The third kappa shape index (κ3) is 5.51. The summed E-state index contributed by atoms with van der Waals surface area (Å²) in [5.41, 5.74) is 1.85. The Hall–Kier alpha value is -2.49. The summed E-state index contributed by atoms with van der Waals surface area (Å²) in [5, 5.41) is 0. The highest BCUT2D eigenvalue weighted by molar-refractivity contribution is 5.76. The van der Waals surface area contributed by atoms with Crippen molar-refractivity contribution in [3.8, 4) is 17.2 Å². The lowest BCUT2D eigenvalue weighted by molar-refractivity contribution is 0.112. The van der Waals surface area contributed by atoms with Crippen molar-refractivity contribution >= 4 is 6.29 Å². The average molecular weight is 356 g/mol. The van der Waals surface area contributed by atoms with E-state index < -0.39 is 0 Å². The zero-order valence-corrected chi connectivity index (χ0v) is 16.1. The molecule has 4 heteroatoms. The first-order valence-corrected chi connectivity index (χ1v) is 8.94. The maximum Gasteiger partial charge on any atom is 0.161 e. The summed E-state index contributed by atoms with van der Waals surface area (Å²) < 4.78 is 17.0. The molecule has 0 aliphatic rings. The van der Waals surface area contributed by atoms with Gasteiger partial charge < -0.3 is 14.2 Å². The van der Waals surface area contributed by atoms with Crippen molar-refractivity contribution in [1.29, 1.82) is 0 Å². The standard InChI is InChI=1S/C22H28O4/c1-22(2,3)18-9-5-6-10-19(18)25-13-7-8-14-26-20-12-11-17(16-23)15-21(20)24-4/h5-6,9-12,15-16H,7-8,13-14H2,1-4H3. The first kappa shape index (κ1) is 19.8. The van der Waals surface area contributed by atoms with Crippen LogP contribution < -0.4 is 14.2 Å². The molecule has 2 aromatic rings. The van der Waals surface area contributed by atoms with Crippen LogP contribution >= 0.6 is 0 Å². The molecule has 0 aliphatic heterocycles.